The fraction of sp³-hybridized carbons (Fsp3) is 0.0870. The summed E-state index contributed by atoms with van der Waals surface area (Å²) in [6.07, 6.45) is 3.16. The fourth-order valence-electron chi connectivity index (χ4n) is 2.59. The second-order valence-electron chi connectivity index (χ2n) is 6.33. The van der Waals surface area contributed by atoms with Crippen LogP contribution in [-0.4, -0.2) is 5.91 Å². The number of halogens is 1. The third-order valence-electron chi connectivity index (χ3n) is 4.18. The van der Waals surface area contributed by atoms with Gasteiger partial charge in [-0.2, -0.15) is 10.2 Å². The summed E-state index contributed by atoms with van der Waals surface area (Å²) in [5.74, 6) is -0.225. The van der Waals surface area contributed by atoms with Crippen LogP contribution >= 0.6 is 11.6 Å². The standard InChI is InChI=1S/C23H20ClN3O/c1-16-7-3-6-10-22(16)27-26-19-12-13-21(17(2)15-19)25-23(28)14-11-18-8-4-5-9-20(18)24/h3-15H,1-2H3,(H,25,28)/b14-11+,27-26?. The SMILES string of the molecule is Cc1ccccc1N=Nc1ccc(NC(=O)/C=C/c2ccccc2Cl)c(C)c1. The van der Waals surface area contributed by atoms with Crippen molar-refractivity contribution in [2.24, 2.45) is 10.2 Å². The Balaban J connectivity index is 1.68. The van der Waals surface area contributed by atoms with E-state index in [9.17, 15) is 4.79 Å². The molecule has 0 aliphatic heterocycles. The second-order valence-corrected chi connectivity index (χ2v) is 6.74. The molecule has 0 spiro atoms. The highest BCUT2D eigenvalue weighted by Crippen LogP contribution is 2.25. The van der Waals surface area contributed by atoms with Gasteiger partial charge in [0.1, 0.15) is 0 Å². The summed E-state index contributed by atoms with van der Waals surface area (Å²) in [4.78, 5) is 12.2. The van der Waals surface area contributed by atoms with Crippen molar-refractivity contribution in [2.45, 2.75) is 13.8 Å². The molecule has 0 unspecified atom stereocenters. The Morgan fingerprint density at radius 2 is 1.68 bits per heavy atom. The van der Waals surface area contributed by atoms with Crippen molar-refractivity contribution in [3.63, 3.8) is 0 Å². The molecule has 0 bridgehead atoms. The van der Waals surface area contributed by atoms with Gasteiger partial charge in [-0.05, 0) is 66.9 Å². The van der Waals surface area contributed by atoms with E-state index < -0.39 is 0 Å². The van der Waals surface area contributed by atoms with Crippen molar-refractivity contribution < 1.29 is 4.79 Å². The maximum Gasteiger partial charge on any atom is 0.248 e. The zero-order valence-electron chi connectivity index (χ0n) is 15.7. The van der Waals surface area contributed by atoms with Gasteiger partial charge < -0.3 is 5.32 Å². The van der Waals surface area contributed by atoms with Crippen LogP contribution in [0.15, 0.2) is 83.0 Å². The molecule has 0 saturated heterocycles. The van der Waals surface area contributed by atoms with E-state index in [2.05, 4.69) is 15.5 Å². The van der Waals surface area contributed by atoms with Crippen LogP contribution in [0.4, 0.5) is 17.1 Å². The molecule has 0 aliphatic carbocycles. The predicted molar refractivity (Wildman–Crippen MR) is 116 cm³/mol. The fourth-order valence-corrected chi connectivity index (χ4v) is 2.79. The number of nitrogens with zero attached hydrogens (tertiary/aromatic N) is 2. The van der Waals surface area contributed by atoms with Crippen molar-refractivity contribution in [3.05, 3.63) is 94.5 Å². The van der Waals surface area contributed by atoms with Crippen LogP contribution in [0.5, 0.6) is 0 Å². The number of nitrogens with one attached hydrogen (secondary N) is 1. The number of carbonyl (C=O) groups is 1. The Kier molecular flexibility index (Phi) is 6.35. The van der Waals surface area contributed by atoms with Gasteiger partial charge in [0.2, 0.25) is 5.91 Å². The Labute approximate surface area is 169 Å². The first kappa shape index (κ1) is 19.5. The molecule has 1 amide bonds. The summed E-state index contributed by atoms with van der Waals surface area (Å²) in [6.45, 7) is 3.91. The van der Waals surface area contributed by atoms with Crippen LogP contribution in [0.1, 0.15) is 16.7 Å². The third-order valence-corrected chi connectivity index (χ3v) is 4.52. The predicted octanol–water partition coefficient (Wildman–Crippen LogP) is 7.02. The van der Waals surface area contributed by atoms with Crippen molar-refractivity contribution in [2.75, 3.05) is 5.32 Å². The molecule has 0 aromatic heterocycles. The maximum atomic E-state index is 12.2. The van der Waals surface area contributed by atoms with Crippen LogP contribution in [0, 0.1) is 13.8 Å². The molecule has 4 nitrogen and oxygen atoms in total. The number of azo groups is 1. The highest BCUT2D eigenvalue weighted by molar-refractivity contribution is 6.32. The van der Waals surface area contributed by atoms with Crippen LogP contribution in [0.25, 0.3) is 6.08 Å². The zero-order valence-corrected chi connectivity index (χ0v) is 16.4. The lowest BCUT2D eigenvalue weighted by Crippen LogP contribution is -2.08. The van der Waals surface area contributed by atoms with Gasteiger partial charge in [-0.25, -0.2) is 0 Å². The maximum absolute atomic E-state index is 12.2. The normalized spacial score (nSPS) is 11.2. The van der Waals surface area contributed by atoms with E-state index in [1.807, 2.05) is 74.5 Å². The number of aryl methyl sites for hydroxylation is 2. The molecule has 0 fully saturated rings. The Bertz CT molecular complexity index is 1060. The zero-order chi connectivity index (χ0) is 19.9. The highest BCUT2D eigenvalue weighted by Gasteiger charge is 2.04. The molecule has 5 heteroatoms. The minimum absolute atomic E-state index is 0.225. The molecule has 0 atom stereocenters. The van der Waals surface area contributed by atoms with E-state index in [0.717, 1.165) is 33.8 Å². The molecule has 140 valence electrons. The smallest absolute Gasteiger partial charge is 0.248 e. The number of rotatable bonds is 5. The van der Waals surface area contributed by atoms with Crippen molar-refractivity contribution in [3.8, 4) is 0 Å². The largest absolute Gasteiger partial charge is 0.322 e. The average molecular weight is 390 g/mol. The van der Waals surface area contributed by atoms with Gasteiger partial charge in [0.25, 0.3) is 0 Å². The van der Waals surface area contributed by atoms with Crippen molar-refractivity contribution in [1.29, 1.82) is 0 Å². The molecular formula is C23H20ClN3O. The minimum Gasteiger partial charge on any atom is -0.322 e. The molecule has 0 heterocycles. The Morgan fingerprint density at radius 3 is 2.43 bits per heavy atom. The molecule has 1 N–H and O–H groups in total. The molecule has 0 aliphatic rings. The van der Waals surface area contributed by atoms with Crippen molar-refractivity contribution in [1.82, 2.24) is 0 Å². The minimum atomic E-state index is -0.225. The van der Waals surface area contributed by atoms with E-state index in [-0.39, 0.29) is 5.91 Å². The van der Waals surface area contributed by atoms with E-state index in [4.69, 9.17) is 11.6 Å². The van der Waals surface area contributed by atoms with Gasteiger partial charge >= 0.3 is 0 Å². The monoisotopic (exact) mass is 389 g/mol. The lowest BCUT2D eigenvalue weighted by atomic mass is 10.1. The number of benzene rings is 3. The van der Waals surface area contributed by atoms with Crippen LogP contribution in [0.3, 0.4) is 0 Å². The average Bonchev–Trinajstić information content (AvgIpc) is 2.69. The summed E-state index contributed by atoms with van der Waals surface area (Å²) in [6, 6.07) is 20.7. The summed E-state index contributed by atoms with van der Waals surface area (Å²) >= 11 is 6.09. The summed E-state index contributed by atoms with van der Waals surface area (Å²) in [5, 5.41) is 12.1. The van der Waals surface area contributed by atoms with E-state index >= 15 is 0 Å². The van der Waals surface area contributed by atoms with Crippen molar-refractivity contribution >= 4 is 40.6 Å². The number of hydrogen-bond acceptors (Lipinski definition) is 3. The third kappa shape index (κ3) is 5.15. The molecule has 0 radical (unpaired) electrons. The second kappa shape index (κ2) is 9.11. The molecular weight excluding hydrogens is 370 g/mol. The van der Waals surface area contributed by atoms with E-state index in [1.54, 1.807) is 12.1 Å². The lowest BCUT2D eigenvalue weighted by molar-refractivity contribution is -0.111. The quantitative estimate of drug-likeness (QED) is 0.369. The number of carbonyl (C=O) groups excluding carboxylic acids is 1. The summed E-state index contributed by atoms with van der Waals surface area (Å²) in [5.41, 5.74) is 5.05. The van der Waals surface area contributed by atoms with E-state index in [0.29, 0.717) is 5.02 Å². The molecule has 3 rings (SSSR count). The van der Waals surface area contributed by atoms with Crippen LogP contribution in [0.2, 0.25) is 5.02 Å². The van der Waals surface area contributed by atoms with Crippen LogP contribution < -0.4 is 5.32 Å². The van der Waals surface area contributed by atoms with Gasteiger partial charge in [0.05, 0.1) is 11.4 Å². The van der Waals surface area contributed by atoms with Gasteiger partial charge in [0, 0.05) is 16.8 Å². The topological polar surface area (TPSA) is 53.8 Å². The molecule has 0 saturated carbocycles. The van der Waals surface area contributed by atoms with Crippen LogP contribution in [-0.2, 0) is 4.79 Å². The number of anilines is 1. The van der Waals surface area contributed by atoms with Gasteiger partial charge in [-0.3, -0.25) is 4.79 Å². The summed E-state index contributed by atoms with van der Waals surface area (Å²) < 4.78 is 0. The Hall–Kier alpha value is -3.24. The van der Waals surface area contributed by atoms with Gasteiger partial charge in [0.15, 0.2) is 0 Å². The first-order chi connectivity index (χ1) is 13.5. The lowest BCUT2D eigenvalue weighted by Gasteiger charge is -2.07. The van der Waals surface area contributed by atoms with E-state index in [1.165, 1.54) is 6.08 Å². The highest BCUT2D eigenvalue weighted by atomic mass is 35.5. The van der Waals surface area contributed by atoms with Gasteiger partial charge in [-0.15, -0.1) is 0 Å². The molecule has 3 aromatic carbocycles. The van der Waals surface area contributed by atoms with Gasteiger partial charge in [-0.1, -0.05) is 48.0 Å². The first-order valence-corrected chi connectivity index (χ1v) is 9.22. The first-order valence-electron chi connectivity index (χ1n) is 8.84. The Morgan fingerprint density at radius 1 is 0.929 bits per heavy atom. The number of hydrogen-bond donors (Lipinski definition) is 1. The summed E-state index contributed by atoms with van der Waals surface area (Å²) in [7, 11) is 0. The molecule has 28 heavy (non-hydrogen) atoms. The number of amides is 1. The molecule has 3 aromatic rings.